The third-order valence-corrected chi connectivity index (χ3v) is 4.76. The third kappa shape index (κ3) is 3.57. The number of nitrogens with zero attached hydrogens (tertiary/aromatic N) is 2. The number of aromatic nitrogens is 2. The molecule has 0 bridgehead atoms. The van der Waals surface area contributed by atoms with Gasteiger partial charge in [-0.2, -0.15) is 0 Å². The maximum absolute atomic E-state index is 12.9. The van der Waals surface area contributed by atoms with Gasteiger partial charge in [-0.05, 0) is 61.5 Å². The van der Waals surface area contributed by atoms with Crippen molar-refractivity contribution in [1.82, 2.24) is 9.97 Å². The molecule has 0 amide bonds. The average Bonchev–Trinajstić information content (AvgIpc) is 2.67. The van der Waals surface area contributed by atoms with E-state index in [4.69, 9.17) is 23.2 Å². The van der Waals surface area contributed by atoms with E-state index in [1.54, 1.807) is 30.3 Å². The molecule has 0 atom stereocenters. The maximum atomic E-state index is 12.9. The Kier molecular flexibility index (Phi) is 4.65. The first-order valence-electron chi connectivity index (χ1n) is 8.36. The molecule has 3 aromatic carbocycles. The summed E-state index contributed by atoms with van der Waals surface area (Å²) in [5, 5.41) is 2.03. The van der Waals surface area contributed by atoms with Crippen LogP contribution in [0.1, 0.15) is 21.7 Å². The van der Waals surface area contributed by atoms with Crippen molar-refractivity contribution in [3.05, 3.63) is 93.7 Å². The Balaban J connectivity index is 1.88. The van der Waals surface area contributed by atoms with Crippen LogP contribution in [0.4, 0.5) is 0 Å². The van der Waals surface area contributed by atoms with E-state index in [0.29, 0.717) is 27.0 Å². The van der Waals surface area contributed by atoms with Crippen molar-refractivity contribution >= 4 is 39.9 Å². The van der Waals surface area contributed by atoms with Crippen LogP contribution in [-0.4, -0.2) is 15.8 Å². The Bertz CT molecular complexity index is 1170. The molecule has 4 rings (SSSR count). The van der Waals surface area contributed by atoms with Gasteiger partial charge >= 0.3 is 0 Å². The van der Waals surface area contributed by atoms with Crippen LogP contribution in [0.2, 0.25) is 10.0 Å². The number of benzene rings is 3. The molecule has 0 aliphatic heterocycles. The highest BCUT2D eigenvalue weighted by molar-refractivity contribution is 6.31. The van der Waals surface area contributed by atoms with Crippen molar-refractivity contribution in [2.24, 2.45) is 0 Å². The molecule has 0 saturated heterocycles. The first-order chi connectivity index (χ1) is 13.0. The standard InChI is InChI=1S/C22H14Cl2N2O/c1-13-25-20-10-7-16(22(27)14-5-8-17(23)9-6-14)12-19(20)21(26-13)15-3-2-4-18(24)11-15/h2-12H,1H3. The number of carbonyl (C=O) groups excluding carboxylic acids is 1. The third-order valence-electron chi connectivity index (χ3n) is 4.27. The van der Waals surface area contributed by atoms with Gasteiger partial charge in [0.1, 0.15) is 5.82 Å². The molecule has 1 heterocycles. The summed E-state index contributed by atoms with van der Waals surface area (Å²) in [4.78, 5) is 22.0. The summed E-state index contributed by atoms with van der Waals surface area (Å²) in [5.41, 5.74) is 3.57. The van der Waals surface area contributed by atoms with Crippen molar-refractivity contribution < 1.29 is 4.79 Å². The minimum Gasteiger partial charge on any atom is -0.289 e. The van der Waals surface area contributed by atoms with Crippen LogP contribution in [0, 0.1) is 6.92 Å². The number of rotatable bonds is 3. The predicted octanol–water partition coefficient (Wildman–Crippen LogP) is 6.14. The van der Waals surface area contributed by atoms with Gasteiger partial charge in [-0.1, -0.05) is 35.3 Å². The molecule has 0 fully saturated rings. The first kappa shape index (κ1) is 17.7. The minimum atomic E-state index is -0.0776. The second-order valence-electron chi connectivity index (χ2n) is 6.20. The minimum absolute atomic E-state index is 0.0776. The fraction of sp³-hybridized carbons (Fsp3) is 0.0455. The Morgan fingerprint density at radius 1 is 0.815 bits per heavy atom. The van der Waals surface area contributed by atoms with E-state index in [-0.39, 0.29) is 5.78 Å². The number of halogens is 2. The highest BCUT2D eigenvalue weighted by Gasteiger charge is 2.14. The van der Waals surface area contributed by atoms with Gasteiger partial charge in [0.05, 0.1) is 11.2 Å². The average molecular weight is 393 g/mol. The van der Waals surface area contributed by atoms with E-state index in [2.05, 4.69) is 9.97 Å². The van der Waals surface area contributed by atoms with Crippen LogP contribution in [0.5, 0.6) is 0 Å². The molecule has 4 aromatic rings. The summed E-state index contributed by atoms with van der Waals surface area (Å²) in [6.07, 6.45) is 0. The SMILES string of the molecule is Cc1nc(-c2cccc(Cl)c2)c2cc(C(=O)c3ccc(Cl)cc3)ccc2n1. The number of fused-ring (bicyclic) bond motifs is 1. The van der Waals surface area contributed by atoms with E-state index < -0.39 is 0 Å². The van der Waals surface area contributed by atoms with Crippen LogP contribution in [0.3, 0.4) is 0 Å². The maximum Gasteiger partial charge on any atom is 0.193 e. The Morgan fingerprint density at radius 2 is 1.56 bits per heavy atom. The fourth-order valence-corrected chi connectivity index (χ4v) is 3.33. The lowest BCUT2D eigenvalue weighted by Gasteiger charge is -2.09. The number of ketones is 1. The molecule has 1 aromatic heterocycles. The smallest absolute Gasteiger partial charge is 0.193 e. The second kappa shape index (κ2) is 7.10. The van der Waals surface area contributed by atoms with E-state index in [9.17, 15) is 4.79 Å². The topological polar surface area (TPSA) is 42.9 Å². The van der Waals surface area contributed by atoms with Crippen molar-refractivity contribution in [1.29, 1.82) is 0 Å². The van der Waals surface area contributed by atoms with Gasteiger partial charge in [0.2, 0.25) is 0 Å². The molecule has 0 radical (unpaired) electrons. The van der Waals surface area contributed by atoms with Crippen LogP contribution in [0.25, 0.3) is 22.2 Å². The van der Waals surface area contributed by atoms with Crippen LogP contribution >= 0.6 is 23.2 Å². The Hall–Kier alpha value is -2.75. The van der Waals surface area contributed by atoms with Gasteiger partial charge in [0, 0.05) is 32.1 Å². The monoisotopic (exact) mass is 392 g/mol. The summed E-state index contributed by atoms with van der Waals surface area (Å²) < 4.78 is 0. The van der Waals surface area contributed by atoms with Crippen molar-refractivity contribution in [3.8, 4) is 11.3 Å². The quantitative estimate of drug-likeness (QED) is 0.393. The first-order valence-corrected chi connectivity index (χ1v) is 9.11. The lowest BCUT2D eigenvalue weighted by molar-refractivity contribution is 0.103. The molecule has 0 unspecified atom stereocenters. The van der Waals surface area contributed by atoms with Crippen LogP contribution in [-0.2, 0) is 0 Å². The summed E-state index contributed by atoms with van der Waals surface area (Å²) >= 11 is 12.1. The Morgan fingerprint density at radius 3 is 2.30 bits per heavy atom. The molecular formula is C22H14Cl2N2O. The lowest BCUT2D eigenvalue weighted by Crippen LogP contribution is -2.02. The molecule has 0 spiro atoms. The highest BCUT2D eigenvalue weighted by Crippen LogP contribution is 2.29. The van der Waals surface area contributed by atoms with Crippen molar-refractivity contribution in [3.63, 3.8) is 0 Å². The zero-order chi connectivity index (χ0) is 19.0. The molecule has 0 aliphatic carbocycles. The summed E-state index contributed by atoms with van der Waals surface area (Å²) in [6.45, 7) is 1.85. The number of hydrogen-bond donors (Lipinski definition) is 0. The van der Waals surface area contributed by atoms with E-state index in [1.165, 1.54) is 0 Å². The van der Waals surface area contributed by atoms with E-state index in [1.807, 2.05) is 43.3 Å². The second-order valence-corrected chi connectivity index (χ2v) is 7.07. The zero-order valence-electron chi connectivity index (χ0n) is 14.4. The largest absolute Gasteiger partial charge is 0.289 e. The summed E-state index contributed by atoms with van der Waals surface area (Å²) in [5.74, 6) is 0.584. The zero-order valence-corrected chi connectivity index (χ0v) is 15.9. The molecule has 27 heavy (non-hydrogen) atoms. The number of carbonyl (C=O) groups is 1. The fourth-order valence-electron chi connectivity index (χ4n) is 3.01. The van der Waals surface area contributed by atoms with E-state index in [0.717, 1.165) is 22.2 Å². The Labute approximate surface area is 166 Å². The van der Waals surface area contributed by atoms with Crippen LogP contribution in [0.15, 0.2) is 66.7 Å². The molecular weight excluding hydrogens is 379 g/mol. The van der Waals surface area contributed by atoms with Crippen LogP contribution < -0.4 is 0 Å². The van der Waals surface area contributed by atoms with Crippen molar-refractivity contribution in [2.75, 3.05) is 0 Å². The molecule has 3 nitrogen and oxygen atoms in total. The van der Waals surface area contributed by atoms with Crippen molar-refractivity contribution in [2.45, 2.75) is 6.92 Å². The molecule has 0 N–H and O–H groups in total. The normalized spacial score (nSPS) is 10.9. The van der Waals surface area contributed by atoms with Gasteiger partial charge < -0.3 is 0 Å². The summed E-state index contributed by atoms with van der Waals surface area (Å²) in [7, 11) is 0. The lowest BCUT2D eigenvalue weighted by atomic mass is 9.99. The molecule has 5 heteroatoms. The summed E-state index contributed by atoms with van der Waals surface area (Å²) in [6, 6.07) is 19.8. The van der Waals surface area contributed by atoms with Gasteiger partial charge in [-0.3, -0.25) is 4.79 Å². The van der Waals surface area contributed by atoms with Gasteiger partial charge in [-0.25, -0.2) is 9.97 Å². The number of hydrogen-bond acceptors (Lipinski definition) is 3. The number of aryl methyl sites for hydroxylation is 1. The molecule has 132 valence electrons. The van der Waals surface area contributed by atoms with Gasteiger partial charge in [0.15, 0.2) is 5.78 Å². The molecule has 0 aliphatic rings. The highest BCUT2D eigenvalue weighted by atomic mass is 35.5. The van der Waals surface area contributed by atoms with Gasteiger partial charge in [0.25, 0.3) is 0 Å². The molecule has 0 saturated carbocycles. The van der Waals surface area contributed by atoms with Gasteiger partial charge in [-0.15, -0.1) is 0 Å². The van der Waals surface area contributed by atoms with E-state index >= 15 is 0 Å². The predicted molar refractivity (Wildman–Crippen MR) is 110 cm³/mol.